The van der Waals surface area contributed by atoms with Gasteiger partial charge in [-0.1, -0.05) is 55.7 Å². The lowest BCUT2D eigenvalue weighted by Gasteiger charge is -2.29. The lowest BCUT2D eigenvalue weighted by molar-refractivity contribution is 0.0938. The zero-order valence-electron chi connectivity index (χ0n) is 28.9. The minimum Gasteiger partial charge on any atom is -0.396 e. The van der Waals surface area contributed by atoms with Gasteiger partial charge in [0.05, 0.1) is 17.3 Å². The zero-order chi connectivity index (χ0) is 36.2. The standard InChI is InChI=1S/C41H41F2N5O4/c42-31-16-19-38-45-36(26-46(38)25-31)37(50)21-28-12-17-33(18-13-28)48-40(51)35-23-32(43)24-44-39(35)47(41(48)52)34-9-6-8-30(22-34)29-14-10-27(11-15-29)7-4-2-1-3-5-20-49/h6,8-11,14-16,19,22-26,28,33,49H,1-5,7,12-13,17-18,20-21H2. The number of pyridine rings is 2. The molecule has 1 aliphatic rings. The molecule has 0 radical (unpaired) electrons. The Balaban J connectivity index is 1.11. The summed E-state index contributed by atoms with van der Waals surface area (Å²) in [5.74, 6) is -1.20. The Morgan fingerprint density at radius 3 is 2.38 bits per heavy atom. The van der Waals surface area contributed by atoms with E-state index in [1.165, 1.54) is 43.6 Å². The SMILES string of the molecule is O=C(CC1CCC(n2c(=O)c3cc(F)cnc3n(-c3cccc(-c4ccc(CCCCCCCO)cc4)c3)c2=O)CC1)c1cn2cc(F)ccc2n1. The molecule has 9 nitrogen and oxygen atoms in total. The van der Waals surface area contributed by atoms with Gasteiger partial charge in [-0.15, -0.1) is 0 Å². The minimum atomic E-state index is -0.669. The molecule has 1 aliphatic carbocycles. The molecule has 0 bridgehead atoms. The summed E-state index contributed by atoms with van der Waals surface area (Å²) in [5, 5.41) is 8.98. The maximum Gasteiger partial charge on any atom is 0.337 e. The molecule has 11 heteroatoms. The van der Waals surface area contributed by atoms with Crippen LogP contribution in [0.5, 0.6) is 0 Å². The van der Waals surface area contributed by atoms with E-state index in [-0.39, 0.29) is 41.5 Å². The molecule has 52 heavy (non-hydrogen) atoms. The van der Waals surface area contributed by atoms with Gasteiger partial charge in [0.1, 0.15) is 23.0 Å². The molecule has 7 rings (SSSR count). The van der Waals surface area contributed by atoms with Crippen molar-refractivity contribution in [3.63, 3.8) is 0 Å². The number of hydrogen-bond acceptors (Lipinski definition) is 6. The number of imidazole rings is 1. The second kappa shape index (κ2) is 15.5. The van der Waals surface area contributed by atoms with Gasteiger partial charge in [0.25, 0.3) is 5.56 Å². The third kappa shape index (κ3) is 7.50. The number of hydrogen-bond donors (Lipinski definition) is 1. The first kappa shape index (κ1) is 35.1. The largest absolute Gasteiger partial charge is 0.396 e. The number of carbonyl (C=O) groups excluding carboxylic acids is 1. The number of aliphatic hydroxyl groups excluding tert-OH is 1. The molecule has 4 aromatic heterocycles. The molecule has 1 fully saturated rings. The fourth-order valence-corrected chi connectivity index (χ4v) is 7.47. The average Bonchev–Trinajstić information content (AvgIpc) is 3.58. The Morgan fingerprint density at radius 1 is 0.827 bits per heavy atom. The molecule has 0 saturated heterocycles. The van der Waals surface area contributed by atoms with Crippen molar-refractivity contribution in [2.45, 2.75) is 76.7 Å². The zero-order valence-corrected chi connectivity index (χ0v) is 28.9. The molecule has 0 spiro atoms. The highest BCUT2D eigenvalue weighted by Gasteiger charge is 2.29. The number of unbranched alkanes of at least 4 members (excludes halogenated alkanes) is 4. The maximum absolute atomic E-state index is 14.5. The summed E-state index contributed by atoms with van der Waals surface area (Å²) in [6.07, 6.45) is 12.5. The van der Waals surface area contributed by atoms with E-state index in [0.29, 0.717) is 37.0 Å². The van der Waals surface area contributed by atoms with Crippen LogP contribution in [0.3, 0.4) is 0 Å². The molecular weight excluding hydrogens is 664 g/mol. The van der Waals surface area contributed by atoms with Gasteiger partial charge in [-0.3, -0.25) is 14.2 Å². The van der Waals surface area contributed by atoms with Crippen molar-refractivity contribution in [3.8, 4) is 16.8 Å². The van der Waals surface area contributed by atoms with Crippen molar-refractivity contribution in [2.24, 2.45) is 5.92 Å². The average molecular weight is 706 g/mol. The third-order valence-electron chi connectivity index (χ3n) is 10.3. The van der Waals surface area contributed by atoms with E-state index in [9.17, 15) is 23.2 Å². The number of Topliss-reactive ketones (excluding diaryl/α,β-unsaturated/α-hetero) is 1. The van der Waals surface area contributed by atoms with Gasteiger partial charge in [0.15, 0.2) is 11.4 Å². The van der Waals surface area contributed by atoms with Crippen molar-refractivity contribution in [1.82, 2.24) is 23.5 Å². The fraction of sp³-hybridized carbons (Fsp3) is 0.341. The topological polar surface area (TPSA) is 111 Å². The highest BCUT2D eigenvalue weighted by molar-refractivity contribution is 5.95. The Labute approximate surface area is 299 Å². The molecule has 0 atom stereocenters. The van der Waals surface area contributed by atoms with Gasteiger partial charge in [0, 0.05) is 31.5 Å². The van der Waals surface area contributed by atoms with Gasteiger partial charge in [0.2, 0.25) is 0 Å². The number of rotatable bonds is 13. The second-order valence-electron chi connectivity index (χ2n) is 13.8. The van der Waals surface area contributed by atoms with Crippen LogP contribution in [0.4, 0.5) is 8.78 Å². The summed E-state index contributed by atoms with van der Waals surface area (Å²) < 4.78 is 32.3. The first-order chi connectivity index (χ1) is 25.3. The summed E-state index contributed by atoms with van der Waals surface area (Å²) in [4.78, 5) is 49.8. The Kier molecular flexibility index (Phi) is 10.5. The highest BCUT2D eigenvalue weighted by atomic mass is 19.1. The van der Waals surface area contributed by atoms with E-state index in [1.807, 2.05) is 18.2 Å². The molecule has 0 aliphatic heterocycles. The van der Waals surface area contributed by atoms with E-state index >= 15 is 0 Å². The van der Waals surface area contributed by atoms with Crippen LogP contribution in [0.1, 0.15) is 86.3 Å². The molecule has 268 valence electrons. The van der Waals surface area contributed by atoms with Crippen molar-refractivity contribution < 1.29 is 18.7 Å². The maximum atomic E-state index is 14.5. The number of aliphatic hydroxyl groups is 1. The quantitative estimate of drug-likeness (QED) is 0.0978. The van der Waals surface area contributed by atoms with Gasteiger partial charge in [-0.2, -0.15) is 0 Å². The van der Waals surface area contributed by atoms with Crippen molar-refractivity contribution in [1.29, 1.82) is 0 Å². The van der Waals surface area contributed by atoms with Crippen LogP contribution >= 0.6 is 0 Å². The first-order valence-corrected chi connectivity index (χ1v) is 18.1. The Hall–Kier alpha value is -5.29. The van der Waals surface area contributed by atoms with Crippen molar-refractivity contribution in [3.05, 3.63) is 129 Å². The summed E-state index contributed by atoms with van der Waals surface area (Å²) >= 11 is 0. The molecule has 0 unspecified atom stereocenters. The van der Waals surface area contributed by atoms with E-state index in [0.717, 1.165) is 61.9 Å². The number of aromatic nitrogens is 5. The van der Waals surface area contributed by atoms with Crippen LogP contribution in [-0.4, -0.2) is 41.0 Å². The third-order valence-corrected chi connectivity index (χ3v) is 10.3. The van der Waals surface area contributed by atoms with Crippen LogP contribution in [-0.2, 0) is 6.42 Å². The van der Waals surface area contributed by atoms with E-state index in [1.54, 1.807) is 6.07 Å². The number of benzene rings is 2. The van der Waals surface area contributed by atoms with Crippen molar-refractivity contribution in [2.75, 3.05) is 6.61 Å². The number of halogens is 2. The molecular formula is C41H41F2N5O4. The fourth-order valence-electron chi connectivity index (χ4n) is 7.47. The minimum absolute atomic E-state index is 0.0197. The Bertz CT molecular complexity index is 2340. The molecule has 1 saturated carbocycles. The lowest BCUT2D eigenvalue weighted by Crippen LogP contribution is -2.43. The first-order valence-electron chi connectivity index (χ1n) is 18.1. The number of ketones is 1. The molecule has 2 aromatic carbocycles. The molecule has 1 N–H and O–H groups in total. The van der Waals surface area contributed by atoms with Crippen LogP contribution in [0.2, 0.25) is 0 Å². The molecule has 6 aromatic rings. The number of aryl methyl sites for hydroxylation is 1. The van der Waals surface area contributed by atoms with E-state index in [2.05, 4.69) is 34.2 Å². The number of carbonyl (C=O) groups is 1. The van der Waals surface area contributed by atoms with Gasteiger partial charge in [-0.05, 0) is 97.9 Å². The smallest absolute Gasteiger partial charge is 0.337 e. The summed E-state index contributed by atoms with van der Waals surface area (Å²) in [6, 6.07) is 19.4. The molecule has 0 amide bonds. The summed E-state index contributed by atoms with van der Waals surface area (Å²) in [6.45, 7) is 0.247. The second-order valence-corrected chi connectivity index (χ2v) is 13.8. The number of nitrogens with zero attached hydrogens (tertiary/aromatic N) is 5. The van der Waals surface area contributed by atoms with Crippen molar-refractivity contribution >= 4 is 22.5 Å². The predicted octanol–water partition coefficient (Wildman–Crippen LogP) is 7.63. The van der Waals surface area contributed by atoms with Crippen LogP contribution < -0.4 is 11.2 Å². The van der Waals surface area contributed by atoms with Gasteiger partial charge in [-0.25, -0.2) is 28.1 Å². The normalized spacial score (nSPS) is 16.1. The number of fused-ring (bicyclic) bond motifs is 2. The monoisotopic (exact) mass is 705 g/mol. The van der Waals surface area contributed by atoms with Crippen LogP contribution in [0.25, 0.3) is 33.5 Å². The van der Waals surface area contributed by atoms with E-state index < -0.39 is 28.9 Å². The van der Waals surface area contributed by atoms with E-state index in [4.69, 9.17) is 5.11 Å². The Morgan fingerprint density at radius 2 is 1.60 bits per heavy atom. The van der Waals surface area contributed by atoms with Crippen LogP contribution in [0.15, 0.2) is 94.9 Å². The van der Waals surface area contributed by atoms with Gasteiger partial charge >= 0.3 is 5.69 Å². The summed E-state index contributed by atoms with van der Waals surface area (Å²) in [7, 11) is 0. The van der Waals surface area contributed by atoms with Gasteiger partial charge < -0.3 is 9.51 Å². The molecule has 4 heterocycles. The lowest BCUT2D eigenvalue weighted by atomic mass is 9.82. The highest BCUT2D eigenvalue weighted by Crippen LogP contribution is 2.34. The summed E-state index contributed by atoms with van der Waals surface area (Å²) in [5.41, 5.74) is 3.34. The predicted molar refractivity (Wildman–Crippen MR) is 196 cm³/mol. The van der Waals surface area contributed by atoms with Crippen LogP contribution in [0, 0.1) is 17.6 Å².